The maximum atomic E-state index is 12.4. The Morgan fingerprint density at radius 2 is 1.95 bits per heavy atom. The molecule has 0 radical (unpaired) electrons. The minimum atomic E-state index is -3.45. The van der Waals surface area contributed by atoms with Crippen LogP contribution in [0.3, 0.4) is 0 Å². The Balaban J connectivity index is 1.78. The summed E-state index contributed by atoms with van der Waals surface area (Å²) in [6, 6.07) is 3.26. The molecule has 1 aromatic carbocycles. The fourth-order valence-corrected chi connectivity index (χ4v) is 4.17. The number of benzene rings is 1. The molecule has 0 heterocycles. The number of hydrogen-bond acceptors (Lipinski definition) is 3. The van der Waals surface area contributed by atoms with E-state index in [0.29, 0.717) is 12.2 Å². The quantitative estimate of drug-likeness (QED) is 0.819. The molecule has 0 amide bonds. The minimum Gasteiger partial charge on any atom is -0.398 e. The largest absolute Gasteiger partial charge is 0.398 e. The van der Waals surface area contributed by atoms with Crippen LogP contribution in [0.1, 0.15) is 36.8 Å². The van der Waals surface area contributed by atoms with Crippen molar-refractivity contribution in [3.8, 4) is 0 Å². The Bertz CT molecular complexity index is 621. The van der Waals surface area contributed by atoms with Crippen LogP contribution in [-0.2, 0) is 10.0 Å². The Labute approximate surface area is 120 Å². The number of aryl methyl sites for hydroxylation is 1. The lowest BCUT2D eigenvalue weighted by molar-refractivity contribution is 0.432. The molecule has 0 spiro atoms. The molecular formula is C15H22N2O2S. The molecule has 2 aliphatic rings. The van der Waals surface area contributed by atoms with Crippen LogP contribution in [0.15, 0.2) is 17.0 Å². The van der Waals surface area contributed by atoms with Gasteiger partial charge in [-0.1, -0.05) is 0 Å². The maximum absolute atomic E-state index is 12.4. The van der Waals surface area contributed by atoms with Gasteiger partial charge in [0.25, 0.3) is 0 Å². The van der Waals surface area contributed by atoms with Gasteiger partial charge in [-0.05, 0) is 74.1 Å². The van der Waals surface area contributed by atoms with E-state index in [9.17, 15) is 8.42 Å². The predicted molar refractivity (Wildman–Crippen MR) is 79.9 cm³/mol. The van der Waals surface area contributed by atoms with Crippen LogP contribution in [0.4, 0.5) is 5.69 Å². The molecule has 0 aliphatic heterocycles. The van der Waals surface area contributed by atoms with Gasteiger partial charge in [0.1, 0.15) is 0 Å². The number of hydrogen-bond donors (Lipinski definition) is 2. The molecule has 110 valence electrons. The first kappa shape index (κ1) is 13.9. The molecule has 2 saturated carbocycles. The van der Waals surface area contributed by atoms with E-state index in [1.54, 1.807) is 12.1 Å². The molecule has 3 rings (SSSR count). The average molecular weight is 294 g/mol. The number of sulfonamides is 1. The average Bonchev–Trinajstić information content (AvgIpc) is 3.25. The van der Waals surface area contributed by atoms with E-state index in [4.69, 9.17) is 5.73 Å². The number of nitrogens with two attached hydrogens (primary N) is 1. The maximum Gasteiger partial charge on any atom is 0.240 e. The van der Waals surface area contributed by atoms with Gasteiger partial charge in [0, 0.05) is 12.2 Å². The fourth-order valence-electron chi connectivity index (χ4n) is 2.92. The summed E-state index contributed by atoms with van der Waals surface area (Å²) < 4.78 is 27.6. The van der Waals surface area contributed by atoms with Gasteiger partial charge >= 0.3 is 0 Å². The molecule has 0 saturated heterocycles. The van der Waals surface area contributed by atoms with Crippen molar-refractivity contribution in [3.63, 3.8) is 0 Å². The number of rotatable bonds is 5. The summed E-state index contributed by atoms with van der Waals surface area (Å²) in [4.78, 5) is 0.282. The van der Waals surface area contributed by atoms with Crippen molar-refractivity contribution in [2.24, 2.45) is 11.3 Å². The monoisotopic (exact) mass is 294 g/mol. The second-order valence-electron chi connectivity index (χ2n) is 6.42. The Kier molecular flexibility index (Phi) is 3.10. The Morgan fingerprint density at radius 1 is 1.30 bits per heavy atom. The second kappa shape index (κ2) is 4.46. The number of anilines is 1. The summed E-state index contributed by atoms with van der Waals surface area (Å²) in [7, 11) is -3.45. The van der Waals surface area contributed by atoms with Gasteiger partial charge in [0.15, 0.2) is 0 Å². The predicted octanol–water partition coefficient (Wildman–Crippen LogP) is 2.35. The van der Waals surface area contributed by atoms with Crippen LogP contribution in [0, 0.1) is 25.2 Å². The molecular weight excluding hydrogens is 272 g/mol. The van der Waals surface area contributed by atoms with Gasteiger partial charge in [0.05, 0.1) is 4.90 Å². The zero-order valence-electron chi connectivity index (χ0n) is 12.1. The van der Waals surface area contributed by atoms with Gasteiger partial charge < -0.3 is 5.73 Å². The summed E-state index contributed by atoms with van der Waals surface area (Å²) >= 11 is 0. The van der Waals surface area contributed by atoms with Gasteiger partial charge in [-0.3, -0.25) is 0 Å². The van der Waals surface area contributed by atoms with E-state index in [1.807, 2.05) is 13.8 Å². The van der Waals surface area contributed by atoms with Crippen molar-refractivity contribution < 1.29 is 8.42 Å². The normalized spacial score (nSPS) is 20.9. The van der Waals surface area contributed by atoms with Crippen molar-refractivity contribution in [2.75, 3.05) is 12.3 Å². The standard InChI is InChI=1S/C15H22N2O2S/c1-10-7-13(8-14(16)11(10)2)20(18,19)17-9-15(5-6-15)12-3-4-12/h7-8,12,17H,3-6,9,16H2,1-2H3. The summed E-state index contributed by atoms with van der Waals surface area (Å²) in [6.07, 6.45) is 4.85. The van der Waals surface area contributed by atoms with Crippen LogP contribution in [0.25, 0.3) is 0 Å². The van der Waals surface area contributed by atoms with Crippen molar-refractivity contribution in [2.45, 2.75) is 44.4 Å². The van der Waals surface area contributed by atoms with Crippen molar-refractivity contribution in [1.82, 2.24) is 4.72 Å². The summed E-state index contributed by atoms with van der Waals surface area (Å²) in [5.74, 6) is 0.745. The summed E-state index contributed by atoms with van der Waals surface area (Å²) in [6.45, 7) is 4.37. The smallest absolute Gasteiger partial charge is 0.240 e. The molecule has 0 bridgehead atoms. The zero-order valence-corrected chi connectivity index (χ0v) is 12.9. The zero-order chi connectivity index (χ0) is 14.5. The molecule has 5 heteroatoms. The van der Waals surface area contributed by atoms with E-state index < -0.39 is 10.0 Å². The lowest BCUT2D eigenvalue weighted by atomic mass is 10.0. The molecule has 2 aliphatic carbocycles. The highest BCUT2D eigenvalue weighted by atomic mass is 32.2. The third-order valence-corrected chi connectivity index (χ3v) is 6.32. The van der Waals surface area contributed by atoms with E-state index in [1.165, 1.54) is 12.8 Å². The number of nitrogens with one attached hydrogen (secondary N) is 1. The minimum absolute atomic E-state index is 0.262. The highest BCUT2D eigenvalue weighted by Crippen LogP contribution is 2.60. The third kappa shape index (κ3) is 2.44. The van der Waals surface area contributed by atoms with Crippen molar-refractivity contribution >= 4 is 15.7 Å². The van der Waals surface area contributed by atoms with E-state index in [-0.39, 0.29) is 10.3 Å². The molecule has 20 heavy (non-hydrogen) atoms. The molecule has 1 aromatic rings. The van der Waals surface area contributed by atoms with Gasteiger partial charge in [-0.25, -0.2) is 13.1 Å². The van der Waals surface area contributed by atoms with Crippen LogP contribution < -0.4 is 10.5 Å². The van der Waals surface area contributed by atoms with Gasteiger partial charge in [-0.15, -0.1) is 0 Å². The van der Waals surface area contributed by atoms with Crippen LogP contribution in [0.5, 0.6) is 0 Å². The highest BCUT2D eigenvalue weighted by Gasteiger charge is 2.53. The van der Waals surface area contributed by atoms with Crippen LogP contribution in [0.2, 0.25) is 0 Å². The van der Waals surface area contributed by atoms with Crippen LogP contribution in [-0.4, -0.2) is 15.0 Å². The first-order valence-corrected chi connectivity index (χ1v) is 8.69. The first-order valence-electron chi connectivity index (χ1n) is 7.20. The van der Waals surface area contributed by atoms with Crippen LogP contribution >= 0.6 is 0 Å². The van der Waals surface area contributed by atoms with Gasteiger partial charge in [0.2, 0.25) is 10.0 Å². The fraction of sp³-hybridized carbons (Fsp3) is 0.600. The molecule has 3 N–H and O–H groups in total. The molecule has 0 atom stereocenters. The Morgan fingerprint density at radius 3 is 2.45 bits per heavy atom. The van der Waals surface area contributed by atoms with E-state index in [2.05, 4.69) is 4.72 Å². The number of nitrogen functional groups attached to an aromatic ring is 1. The van der Waals surface area contributed by atoms with Crippen molar-refractivity contribution in [3.05, 3.63) is 23.3 Å². The third-order valence-electron chi connectivity index (χ3n) is 4.94. The topological polar surface area (TPSA) is 72.2 Å². The molecule has 4 nitrogen and oxygen atoms in total. The molecule has 0 aromatic heterocycles. The lowest BCUT2D eigenvalue weighted by Crippen LogP contribution is -2.31. The lowest BCUT2D eigenvalue weighted by Gasteiger charge is -2.16. The van der Waals surface area contributed by atoms with Gasteiger partial charge in [-0.2, -0.15) is 0 Å². The molecule has 2 fully saturated rings. The van der Waals surface area contributed by atoms with Crippen molar-refractivity contribution in [1.29, 1.82) is 0 Å². The van der Waals surface area contributed by atoms with E-state index >= 15 is 0 Å². The summed E-state index contributed by atoms with van der Waals surface area (Å²) in [5.41, 5.74) is 8.53. The SMILES string of the molecule is Cc1cc(S(=O)(=O)NCC2(C3CC3)CC2)cc(N)c1C. The Hall–Kier alpha value is -1.07. The van der Waals surface area contributed by atoms with E-state index in [0.717, 1.165) is 29.9 Å². The summed E-state index contributed by atoms with van der Waals surface area (Å²) in [5, 5.41) is 0. The second-order valence-corrected chi connectivity index (χ2v) is 8.18. The first-order chi connectivity index (χ1) is 9.34. The molecule has 0 unspecified atom stereocenters. The highest BCUT2D eigenvalue weighted by molar-refractivity contribution is 7.89.